The molecule has 108 valence electrons. The average Bonchev–Trinajstić information content (AvgIpc) is 3.09. The number of unbranched alkanes of at least 4 members (excludes halogenated alkanes) is 1. The Hall–Kier alpha value is -1.40. The van der Waals surface area contributed by atoms with E-state index in [0.29, 0.717) is 6.54 Å². The normalized spacial score (nSPS) is 10.7. The van der Waals surface area contributed by atoms with Crippen LogP contribution in [0.2, 0.25) is 0 Å². The van der Waals surface area contributed by atoms with Gasteiger partial charge in [0.2, 0.25) is 0 Å². The lowest BCUT2D eigenvalue weighted by Gasteiger charge is -2.20. The third-order valence-corrected chi connectivity index (χ3v) is 4.71. The molecule has 0 bridgehead atoms. The Balaban J connectivity index is 2.09. The van der Waals surface area contributed by atoms with Gasteiger partial charge in [0.25, 0.3) is 0 Å². The number of carboxylic acid groups (broad SMARTS) is 1. The number of aliphatic carboxylic acids is 1. The molecule has 0 aliphatic heterocycles. The second kappa shape index (κ2) is 7.40. The van der Waals surface area contributed by atoms with E-state index in [0.717, 1.165) is 35.1 Å². The number of hydrogen-bond donors (Lipinski definition) is 1. The minimum Gasteiger partial charge on any atom is -0.481 e. The summed E-state index contributed by atoms with van der Waals surface area (Å²) in [5.41, 5.74) is 0.983. The molecule has 0 spiro atoms. The Morgan fingerprint density at radius 1 is 1.40 bits per heavy atom. The maximum Gasteiger partial charge on any atom is 0.305 e. The van der Waals surface area contributed by atoms with Crippen molar-refractivity contribution in [3.8, 4) is 10.6 Å². The van der Waals surface area contributed by atoms with Crippen LogP contribution >= 0.6 is 22.7 Å². The van der Waals surface area contributed by atoms with Crippen molar-refractivity contribution in [2.45, 2.75) is 26.2 Å². The average molecular weight is 310 g/mol. The number of carbonyl (C=O) groups is 1. The Kier molecular flexibility index (Phi) is 5.55. The van der Waals surface area contributed by atoms with Crippen LogP contribution in [-0.4, -0.2) is 29.1 Å². The molecule has 0 atom stereocenters. The van der Waals surface area contributed by atoms with E-state index in [1.54, 1.807) is 22.7 Å². The summed E-state index contributed by atoms with van der Waals surface area (Å²) in [5.74, 6) is -0.762. The number of hydrogen-bond acceptors (Lipinski definition) is 5. The van der Waals surface area contributed by atoms with Crippen molar-refractivity contribution in [2.75, 3.05) is 18.0 Å². The van der Waals surface area contributed by atoms with Gasteiger partial charge in [0.15, 0.2) is 5.13 Å². The molecule has 6 heteroatoms. The summed E-state index contributed by atoms with van der Waals surface area (Å²) in [6, 6.07) is 4.06. The molecule has 0 aliphatic rings. The number of rotatable bonds is 8. The summed E-state index contributed by atoms with van der Waals surface area (Å²) < 4.78 is 0. The number of thiophene rings is 1. The maximum atomic E-state index is 10.8. The first kappa shape index (κ1) is 15.0. The third kappa shape index (κ3) is 4.05. The second-order valence-electron chi connectivity index (χ2n) is 4.48. The molecule has 0 saturated carbocycles. The van der Waals surface area contributed by atoms with E-state index in [4.69, 9.17) is 5.11 Å². The topological polar surface area (TPSA) is 53.4 Å². The van der Waals surface area contributed by atoms with Crippen LogP contribution in [0.25, 0.3) is 10.6 Å². The first-order valence-electron chi connectivity index (χ1n) is 6.67. The van der Waals surface area contributed by atoms with Crippen molar-refractivity contribution >= 4 is 33.8 Å². The van der Waals surface area contributed by atoms with Gasteiger partial charge in [-0.25, -0.2) is 4.98 Å². The smallest absolute Gasteiger partial charge is 0.305 e. The fraction of sp³-hybridized carbons (Fsp3) is 0.429. The number of thiazole rings is 1. The van der Waals surface area contributed by atoms with Gasteiger partial charge in [-0.3, -0.25) is 4.79 Å². The Labute approximate surface area is 126 Å². The Morgan fingerprint density at radius 2 is 2.25 bits per heavy atom. The van der Waals surface area contributed by atoms with Crippen LogP contribution in [0.4, 0.5) is 5.13 Å². The zero-order valence-electron chi connectivity index (χ0n) is 11.4. The SMILES string of the molecule is CCCCN(CCC(=O)O)c1nc(-c2cccs2)cs1. The molecule has 0 saturated heterocycles. The van der Waals surface area contributed by atoms with Gasteiger partial charge in [-0.05, 0) is 17.9 Å². The lowest BCUT2D eigenvalue weighted by atomic mass is 10.3. The fourth-order valence-electron chi connectivity index (χ4n) is 1.83. The van der Waals surface area contributed by atoms with E-state index in [2.05, 4.69) is 22.9 Å². The van der Waals surface area contributed by atoms with Crippen molar-refractivity contribution in [3.05, 3.63) is 22.9 Å². The largest absolute Gasteiger partial charge is 0.481 e. The standard InChI is InChI=1S/C14H18N2O2S2/c1-2-3-7-16(8-6-13(17)18)14-15-11(10-20-14)12-5-4-9-19-12/h4-5,9-10H,2-3,6-8H2,1H3,(H,17,18). The second-order valence-corrected chi connectivity index (χ2v) is 6.26. The summed E-state index contributed by atoms with van der Waals surface area (Å²) in [6.45, 7) is 3.52. The summed E-state index contributed by atoms with van der Waals surface area (Å²) in [4.78, 5) is 18.6. The fourth-order valence-corrected chi connectivity index (χ4v) is 3.47. The quantitative estimate of drug-likeness (QED) is 0.802. The molecular weight excluding hydrogens is 292 g/mol. The van der Waals surface area contributed by atoms with Gasteiger partial charge in [0.1, 0.15) is 0 Å². The molecule has 2 aromatic rings. The molecule has 0 aromatic carbocycles. The van der Waals surface area contributed by atoms with E-state index in [1.165, 1.54) is 0 Å². The van der Waals surface area contributed by atoms with Crippen molar-refractivity contribution in [3.63, 3.8) is 0 Å². The number of anilines is 1. The highest BCUT2D eigenvalue weighted by atomic mass is 32.1. The first-order valence-corrected chi connectivity index (χ1v) is 8.42. The summed E-state index contributed by atoms with van der Waals surface area (Å²) in [6.07, 6.45) is 2.29. The van der Waals surface area contributed by atoms with Crippen LogP contribution < -0.4 is 4.90 Å². The molecule has 4 nitrogen and oxygen atoms in total. The van der Waals surface area contributed by atoms with Crippen molar-refractivity contribution in [1.82, 2.24) is 4.98 Å². The Bertz CT molecular complexity index is 537. The van der Waals surface area contributed by atoms with E-state index in [1.807, 2.05) is 16.8 Å². The minimum atomic E-state index is -0.762. The first-order chi connectivity index (χ1) is 9.70. The van der Waals surface area contributed by atoms with Crippen LogP contribution in [0.5, 0.6) is 0 Å². The van der Waals surface area contributed by atoms with E-state index >= 15 is 0 Å². The molecule has 1 N–H and O–H groups in total. The molecule has 2 rings (SSSR count). The van der Waals surface area contributed by atoms with Gasteiger partial charge < -0.3 is 10.0 Å². The van der Waals surface area contributed by atoms with E-state index in [9.17, 15) is 4.79 Å². The van der Waals surface area contributed by atoms with Gasteiger partial charge in [0.05, 0.1) is 17.0 Å². The van der Waals surface area contributed by atoms with Crippen molar-refractivity contribution < 1.29 is 9.90 Å². The van der Waals surface area contributed by atoms with Gasteiger partial charge in [0, 0.05) is 18.5 Å². The lowest BCUT2D eigenvalue weighted by molar-refractivity contribution is -0.136. The van der Waals surface area contributed by atoms with Crippen LogP contribution in [0, 0.1) is 0 Å². The molecule has 0 aliphatic carbocycles. The van der Waals surface area contributed by atoms with Crippen LogP contribution in [0.3, 0.4) is 0 Å². The molecule has 0 fully saturated rings. The van der Waals surface area contributed by atoms with Gasteiger partial charge in [-0.1, -0.05) is 19.4 Å². The molecule has 0 amide bonds. The van der Waals surface area contributed by atoms with E-state index < -0.39 is 5.97 Å². The predicted octanol–water partition coefficient (Wildman–Crippen LogP) is 3.95. The predicted molar refractivity (Wildman–Crippen MR) is 84.8 cm³/mol. The van der Waals surface area contributed by atoms with Crippen molar-refractivity contribution in [2.24, 2.45) is 0 Å². The highest BCUT2D eigenvalue weighted by molar-refractivity contribution is 7.16. The number of nitrogens with zero attached hydrogens (tertiary/aromatic N) is 2. The molecule has 2 aromatic heterocycles. The number of carboxylic acids is 1. The van der Waals surface area contributed by atoms with Crippen molar-refractivity contribution in [1.29, 1.82) is 0 Å². The molecule has 0 unspecified atom stereocenters. The molecule has 0 radical (unpaired) electrons. The van der Waals surface area contributed by atoms with E-state index in [-0.39, 0.29) is 6.42 Å². The highest BCUT2D eigenvalue weighted by Gasteiger charge is 2.13. The molecular formula is C14H18N2O2S2. The van der Waals surface area contributed by atoms with Gasteiger partial charge >= 0.3 is 5.97 Å². The lowest BCUT2D eigenvalue weighted by Crippen LogP contribution is -2.27. The van der Waals surface area contributed by atoms with Crippen LogP contribution in [0.15, 0.2) is 22.9 Å². The summed E-state index contributed by atoms with van der Waals surface area (Å²) >= 11 is 3.26. The zero-order chi connectivity index (χ0) is 14.4. The van der Waals surface area contributed by atoms with Gasteiger partial charge in [-0.2, -0.15) is 0 Å². The molecule has 20 heavy (non-hydrogen) atoms. The summed E-state index contributed by atoms with van der Waals surface area (Å²) in [5, 5.41) is 13.8. The van der Waals surface area contributed by atoms with Gasteiger partial charge in [-0.15, -0.1) is 22.7 Å². The zero-order valence-corrected chi connectivity index (χ0v) is 13.0. The van der Waals surface area contributed by atoms with Crippen LogP contribution in [-0.2, 0) is 4.79 Å². The highest BCUT2D eigenvalue weighted by Crippen LogP contribution is 2.30. The number of aromatic nitrogens is 1. The monoisotopic (exact) mass is 310 g/mol. The minimum absolute atomic E-state index is 0.150. The molecule has 2 heterocycles. The summed E-state index contributed by atoms with van der Waals surface area (Å²) in [7, 11) is 0. The maximum absolute atomic E-state index is 10.8. The third-order valence-electron chi connectivity index (χ3n) is 2.91. The Morgan fingerprint density at radius 3 is 2.90 bits per heavy atom. The van der Waals surface area contributed by atoms with Crippen LogP contribution in [0.1, 0.15) is 26.2 Å².